The molecule has 4 rings (SSSR count). The molecule has 0 saturated carbocycles. The Morgan fingerprint density at radius 1 is 1.04 bits per heavy atom. The maximum absolute atomic E-state index is 4.54. The van der Waals surface area contributed by atoms with Crippen LogP contribution in [0.5, 0.6) is 0 Å². The molecule has 1 N–H and O–H groups in total. The molecule has 1 aromatic rings. The van der Waals surface area contributed by atoms with E-state index < -0.39 is 0 Å². The summed E-state index contributed by atoms with van der Waals surface area (Å²) in [5.41, 5.74) is 0. The van der Waals surface area contributed by atoms with Crippen LogP contribution in [0.3, 0.4) is 0 Å². The van der Waals surface area contributed by atoms with Crippen LogP contribution >= 0.6 is 11.8 Å². The highest BCUT2D eigenvalue weighted by atomic mass is 32.2. The number of fused-ring (bicyclic) bond motifs is 1. The summed E-state index contributed by atoms with van der Waals surface area (Å²) in [6.07, 6.45) is 9.39. The normalized spacial score (nSPS) is 29.5. The van der Waals surface area contributed by atoms with Gasteiger partial charge in [-0.1, -0.05) is 18.2 Å². The van der Waals surface area contributed by atoms with Gasteiger partial charge in [-0.05, 0) is 70.6 Å². The average Bonchev–Trinajstić information content (AvgIpc) is 3.01. The first-order valence-electron chi connectivity index (χ1n) is 9.80. The van der Waals surface area contributed by atoms with Gasteiger partial charge in [0.25, 0.3) is 0 Å². The molecule has 0 radical (unpaired) electrons. The third kappa shape index (κ3) is 3.51. The van der Waals surface area contributed by atoms with Gasteiger partial charge in [0.05, 0.1) is 0 Å². The Morgan fingerprint density at radius 3 is 2.75 bits per heavy atom. The van der Waals surface area contributed by atoms with Crippen molar-refractivity contribution in [1.29, 1.82) is 0 Å². The van der Waals surface area contributed by atoms with Gasteiger partial charge in [0.2, 0.25) is 0 Å². The second kappa shape index (κ2) is 7.75. The molecule has 1 aromatic heterocycles. The molecule has 5 nitrogen and oxygen atoms in total. The van der Waals surface area contributed by atoms with Crippen molar-refractivity contribution in [3.05, 3.63) is 5.82 Å². The summed E-state index contributed by atoms with van der Waals surface area (Å²) in [5.74, 6) is 3.82. The largest absolute Gasteiger partial charge is 0.317 e. The molecule has 3 aliphatic rings. The van der Waals surface area contributed by atoms with Crippen LogP contribution in [0.2, 0.25) is 0 Å². The molecule has 0 aromatic carbocycles. The van der Waals surface area contributed by atoms with E-state index in [1.54, 1.807) is 0 Å². The number of thioether (sulfide) groups is 1. The highest BCUT2D eigenvalue weighted by Crippen LogP contribution is 2.35. The number of hydrogen-bond acceptors (Lipinski definition) is 5. The Bertz CT molecular complexity index is 538. The molecule has 3 saturated heterocycles. The minimum absolute atomic E-state index is 0.585. The Kier molecular flexibility index (Phi) is 5.44. The molecule has 0 aliphatic carbocycles. The third-order valence-electron chi connectivity index (χ3n) is 6.23. The lowest BCUT2D eigenvalue weighted by Gasteiger charge is -2.44. The Morgan fingerprint density at radius 2 is 1.88 bits per heavy atom. The topological polar surface area (TPSA) is 46.0 Å². The van der Waals surface area contributed by atoms with Gasteiger partial charge >= 0.3 is 0 Å². The quantitative estimate of drug-likeness (QED) is 0.847. The summed E-state index contributed by atoms with van der Waals surface area (Å²) in [6, 6.07) is 0.831. The van der Waals surface area contributed by atoms with Crippen LogP contribution in [0.15, 0.2) is 5.16 Å². The summed E-state index contributed by atoms with van der Waals surface area (Å²) < 4.78 is 2.27. The zero-order chi connectivity index (χ0) is 16.4. The van der Waals surface area contributed by atoms with E-state index in [0.717, 1.165) is 30.2 Å². The van der Waals surface area contributed by atoms with E-state index in [-0.39, 0.29) is 0 Å². The first-order valence-corrected chi connectivity index (χ1v) is 10.8. The van der Waals surface area contributed by atoms with Crippen molar-refractivity contribution in [1.82, 2.24) is 25.0 Å². The predicted octanol–water partition coefficient (Wildman–Crippen LogP) is 2.64. The number of rotatable bonds is 4. The molecule has 2 atom stereocenters. The molecule has 0 spiro atoms. The summed E-state index contributed by atoms with van der Waals surface area (Å²) in [6.45, 7) is 4.88. The van der Waals surface area contributed by atoms with Gasteiger partial charge < -0.3 is 14.8 Å². The molecule has 3 aliphatic heterocycles. The van der Waals surface area contributed by atoms with Crippen LogP contribution in [0.4, 0.5) is 0 Å². The zero-order valence-corrected chi connectivity index (χ0v) is 15.7. The van der Waals surface area contributed by atoms with Crippen molar-refractivity contribution >= 4 is 11.8 Å². The third-order valence-corrected chi connectivity index (χ3v) is 7.44. The number of aromatic nitrogens is 3. The molecule has 3 fully saturated rings. The fraction of sp³-hybridized carbons (Fsp3) is 0.889. The standard InChI is InChI=1S/C18H31N5S/c1-22-17(14-7-9-19-10-8-14)20-21-18(22)24-13-15-5-4-12-23-11-3-2-6-16(15)23/h14-16,19H,2-13H2,1H3. The van der Waals surface area contributed by atoms with Gasteiger partial charge in [0.15, 0.2) is 5.16 Å². The van der Waals surface area contributed by atoms with Crippen molar-refractivity contribution in [2.24, 2.45) is 13.0 Å². The molecule has 6 heteroatoms. The van der Waals surface area contributed by atoms with E-state index in [4.69, 9.17) is 0 Å². The van der Waals surface area contributed by atoms with E-state index in [1.807, 2.05) is 11.8 Å². The second-order valence-electron chi connectivity index (χ2n) is 7.74. The number of hydrogen-bond donors (Lipinski definition) is 1. The Balaban J connectivity index is 1.38. The van der Waals surface area contributed by atoms with E-state index in [9.17, 15) is 0 Å². The summed E-state index contributed by atoms with van der Waals surface area (Å²) in [5, 5.41) is 13.6. The number of nitrogens with one attached hydrogen (secondary N) is 1. The molecule has 24 heavy (non-hydrogen) atoms. The van der Waals surface area contributed by atoms with Crippen LogP contribution in [-0.4, -0.2) is 57.6 Å². The highest BCUT2D eigenvalue weighted by Gasteiger charge is 2.33. The summed E-state index contributed by atoms with van der Waals surface area (Å²) >= 11 is 1.94. The van der Waals surface area contributed by atoms with E-state index in [0.29, 0.717) is 5.92 Å². The van der Waals surface area contributed by atoms with Crippen LogP contribution in [-0.2, 0) is 7.05 Å². The van der Waals surface area contributed by atoms with E-state index in [2.05, 4.69) is 32.0 Å². The van der Waals surface area contributed by atoms with Gasteiger partial charge in [-0.15, -0.1) is 10.2 Å². The zero-order valence-electron chi connectivity index (χ0n) is 14.9. The fourth-order valence-corrected chi connectivity index (χ4v) is 5.98. The fourth-order valence-electron chi connectivity index (χ4n) is 4.84. The molecule has 134 valence electrons. The van der Waals surface area contributed by atoms with Crippen molar-refractivity contribution < 1.29 is 0 Å². The van der Waals surface area contributed by atoms with E-state index >= 15 is 0 Å². The van der Waals surface area contributed by atoms with Gasteiger partial charge in [-0.2, -0.15) is 0 Å². The van der Waals surface area contributed by atoms with Gasteiger partial charge in [-0.3, -0.25) is 0 Å². The van der Waals surface area contributed by atoms with Gasteiger partial charge in [0, 0.05) is 24.8 Å². The second-order valence-corrected chi connectivity index (χ2v) is 8.72. The molecule has 4 heterocycles. The van der Waals surface area contributed by atoms with Crippen molar-refractivity contribution in [3.63, 3.8) is 0 Å². The SMILES string of the molecule is Cn1c(SCC2CCCN3CCCCC23)nnc1C1CCNCC1. The smallest absolute Gasteiger partial charge is 0.190 e. The van der Waals surface area contributed by atoms with Crippen molar-refractivity contribution in [2.75, 3.05) is 31.9 Å². The first kappa shape index (κ1) is 16.9. The van der Waals surface area contributed by atoms with Crippen LogP contribution in [0.1, 0.15) is 56.7 Å². The molecule has 2 unspecified atom stereocenters. The summed E-state index contributed by atoms with van der Waals surface area (Å²) in [7, 11) is 2.16. The average molecular weight is 350 g/mol. The summed E-state index contributed by atoms with van der Waals surface area (Å²) in [4.78, 5) is 2.76. The molecular formula is C18H31N5S. The molecule has 0 amide bonds. The minimum Gasteiger partial charge on any atom is -0.317 e. The van der Waals surface area contributed by atoms with E-state index in [1.165, 1.54) is 69.6 Å². The molecule has 0 bridgehead atoms. The molecular weight excluding hydrogens is 318 g/mol. The monoisotopic (exact) mass is 349 g/mol. The number of piperidine rings is 3. The van der Waals surface area contributed by atoms with Crippen LogP contribution < -0.4 is 5.32 Å². The first-order chi connectivity index (χ1) is 11.8. The lowest BCUT2D eigenvalue weighted by molar-refractivity contribution is 0.0693. The minimum atomic E-state index is 0.585. The van der Waals surface area contributed by atoms with Gasteiger partial charge in [0.1, 0.15) is 5.82 Å². The van der Waals surface area contributed by atoms with Crippen LogP contribution in [0.25, 0.3) is 0 Å². The maximum Gasteiger partial charge on any atom is 0.190 e. The van der Waals surface area contributed by atoms with Gasteiger partial charge in [-0.25, -0.2) is 0 Å². The Hall–Kier alpha value is -0.590. The number of nitrogens with zero attached hydrogens (tertiary/aromatic N) is 4. The highest BCUT2D eigenvalue weighted by molar-refractivity contribution is 7.99. The Labute approximate surface area is 150 Å². The lowest BCUT2D eigenvalue weighted by Crippen LogP contribution is -2.48. The van der Waals surface area contributed by atoms with Crippen LogP contribution in [0, 0.1) is 5.92 Å². The maximum atomic E-state index is 4.54. The van der Waals surface area contributed by atoms with Crippen molar-refractivity contribution in [2.45, 2.75) is 62.1 Å². The lowest BCUT2D eigenvalue weighted by atomic mass is 9.85. The predicted molar refractivity (Wildman–Crippen MR) is 98.5 cm³/mol. The van der Waals surface area contributed by atoms with Crippen molar-refractivity contribution in [3.8, 4) is 0 Å².